The second-order valence-electron chi connectivity index (χ2n) is 7.90. The van der Waals surface area contributed by atoms with Crippen LogP contribution in [0.3, 0.4) is 0 Å². The molecule has 156 valence electrons. The average molecular weight is 443 g/mol. The first kappa shape index (κ1) is 19.7. The van der Waals surface area contributed by atoms with Crippen LogP contribution >= 0.6 is 11.6 Å². The van der Waals surface area contributed by atoms with Crippen molar-refractivity contribution in [2.45, 2.75) is 30.1 Å². The molecule has 2 heterocycles. The van der Waals surface area contributed by atoms with Crippen LogP contribution in [0.4, 0.5) is 5.82 Å². The molecule has 0 amide bonds. The van der Waals surface area contributed by atoms with E-state index in [1.54, 1.807) is 28.6 Å². The molecule has 0 unspecified atom stereocenters. The van der Waals surface area contributed by atoms with E-state index in [0.717, 1.165) is 35.4 Å². The number of rotatable bonds is 4. The van der Waals surface area contributed by atoms with Gasteiger partial charge in [-0.2, -0.15) is 4.31 Å². The summed E-state index contributed by atoms with van der Waals surface area (Å²) in [6.45, 7) is 1.99. The number of fused-ring (bicyclic) bond motifs is 1. The van der Waals surface area contributed by atoms with Gasteiger partial charge in [0, 0.05) is 42.5 Å². The predicted octanol–water partition coefficient (Wildman–Crippen LogP) is 4.06. The zero-order valence-corrected chi connectivity index (χ0v) is 18.1. The Morgan fingerprint density at radius 1 is 0.933 bits per heavy atom. The van der Waals surface area contributed by atoms with E-state index >= 15 is 0 Å². The number of sulfonamides is 1. The van der Waals surface area contributed by atoms with Gasteiger partial charge in [-0.25, -0.2) is 18.4 Å². The number of aromatic nitrogens is 2. The highest BCUT2D eigenvalue weighted by atomic mass is 35.5. The van der Waals surface area contributed by atoms with Gasteiger partial charge in [-0.3, -0.25) is 0 Å². The summed E-state index contributed by atoms with van der Waals surface area (Å²) in [5, 5.41) is 1.57. The largest absolute Gasteiger partial charge is 0.353 e. The van der Waals surface area contributed by atoms with Crippen molar-refractivity contribution < 1.29 is 8.42 Å². The smallest absolute Gasteiger partial charge is 0.243 e. The Kier molecular flexibility index (Phi) is 5.13. The van der Waals surface area contributed by atoms with Crippen LogP contribution in [0.2, 0.25) is 5.02 Å². The third-order valence-corrected chi connectivity index (χ3v) is 8.19. The molecule has 3 aromatic rings. The highest BCUT2D eigenvalue weighted by Gasteiger charge is 2.30. The van der Waals surface area contributed by atoms with Gasteiger partial charge in [0.25, 0.3) is 0 Å². The van der Waals surface area contributed by atoms with Crippen molar-refractivity contribution in [1.29, 1.82) is 0 Å². The van der Waals surface area contributed by atoms with Crippen molar-refractivity contribution in [2.24, 2.45) is 0 Å². The Labute approximate surface area is 181 Å². The van der Waals surface area contributed by atoms with Crippen LogP contribution in [-0.4, -0.2) is 48.9 Å². The third-order valence-electron chi connectivity index (χ3n) is 6.04. The summed E-state index contributed by atoms with van der Waals surface area (Å²) in [5.41, 5.74) is 0.894. The first-order chi connectivity index (χ1) is 14.5. The normalized spacial score (nSPS) is 18.5. The van der Waals surface area contributed by atoms with Gasteiger partial charge in [-0.15, -0.1) is 0 Å². The molecule has 8 heteroatoms. The maximum Gasteiger partial charge on any atom is 0.243 e. The molecule has 1 saturated heterocycles. The highest BCUT2D eigenvalue weighted by Crippen LogP contribution is 2.37. The average Bonchev–Trinajstić information content (AvgIpc) is 2.73. The van der Waals surface area contributed by atoms with Gasteiger partial charge in [0.2, 0.25) is 10.0 Å². The zero-order chi connectivity index (χ0) is 20.7. The maximum absolute atomic E-state index is 12.9. The Hall–Kier alpha value is -2.22. The molecule has 2 aliphatic rings. The molecule has 1 saturated carbocycles. The molecule has 2 aromatic carbocycles. The van der Waals surface area contributed by atoms with Gasteiger partial charge in [0.15, 0.2) is 0 Å². The lowest BCUT2D eigenvalue weighted by Crippen LogP contribution is -2.49. The molecule has 0 N–H and O–H groups in total. The van der Waals surface area contributed by atoms with E-state index in [9.17, 15) is 8.42 Å². The molecule has 0 radical (unpaired) electrons. The first-order valence-electron chi connectivity index (χ1n) is 10.3. The lowest BCUT2D eigenvalue weighted by atomic mass is 9.85. The highest BCUT2D eigenvalue weighted by molar-refractivity contribution is 7.89. The molecule has 6 nitrogen and oxygen atoms in total. The van der Waals surface area contributed by atoms with Crippen LogP contribution in [0, 0.1) is 0 Å². The van der Waals surface area contributed by atoms with Gasteiger partial charge in [0.05, 0.1) is 10.4 Å². The van der Waals surface area contributed by atoms with Gasteiger partial charge >= 0.3 is 0 Å². The summed E-state index contributed by atoms with van der Waals surface area (Å²) in [6.07, 6.45) is 3.47. The summed E-state index contributed by atoms with van der Waals surface area (Å²) in [5.74, 6) is 2.18. The van der Waals surface area contributed by atoms with Gasteiger partial charge in [-0.1, -0.05) is 36.2 Å². The molecule has 0 spiro atoms. The SMILES string of the molecule is O=S(=O)(c1ccccc1)N1CCN(c2nc(C3CCC3)nc3ccc(Cl)cc23)CC1. The summed E-state index contributed by atoms with van der Waals surface area (Å²) in [4.78, 5) is 12.2. The molecular formula is C22H23ClN4O2S. The molecule has 1 aliphatic heterocycles. The number of nitrogens with zero attached hydrogens (tertiary/aromatic N) is 4. The van der Waals surface area contributed by atoms with Crippen LogP contribution in [0.25, 0.3) is 10.9 Å². The van der Waals surface area contributed by atoms with Crippen LogP contribution in [0.15, 0.2) is 53.4 Å². The van der Waals surface area contributed by atoms with E-state index in [0.29, 0.717) is 42.0 Å². The first-order valence-corrected chi connectivity index (χ1v) is 12.1. The second-order valence-corrected chi connectivity index (χ2v) is 10.3. The standard InChI is InChI=1S/C22H23ClN4O2S/c23-17-9-10-20-19(15-17)22(25-21(24-20)16-5-4-6-16)26-11-13-27(14-12-26)30(28,29)18-7-2-1-3-8-18/h1-3,7-10,15-16H,4-6,11-14H2. The van der Waals surface area contributed by atoms with Crippen LogP contribution in [0.5, 0.6) is 0 Å². The summed E-state index contributed by atoms with van der Waals surface area (Å²) in [6, 6.07) is 14.3. The molecule has 30 heavy (non-hydrogen) atoms. The number of halogens is 1. The molecule has 5 rings (SSSR count). The number of hydrogen-bond donors (Lipinski definition) is 0. The van der Waals surface area contributed by atoms with Crippen molar-refractivity contribution in [3.05, 3.63) is 59.4 Å². The maximum atomic E-state index is 12.9. The Balaban J connectivity index is 1.44. The van der Waals surface area contributed by atoms with Crippen molar-refractivity contribution in [3.8, 4) is 0 Å². The summed E-state index contributed by atoms with van der Waals surface area (Å²) >= 11 is 6.26. The lowest BCUT2D eigenvalue weighted by molar-refractivity contribution is 0.382. The molecular weight excluding hydrogens is 420 g/mol. The number of benzene rings is 2. The minimum atomic E-state index is -3.48. The topological polar surface area (TPSA) is 66.4 Å². The van der Waals surface area contributed by atoms with Gasteiger partial charge < -0.3 is 4.90 Å². The number of hydrogen-bond acceptors (Lipinski definition) is 5. The molecule has 0 atom stereocenters. The molecule has 2 fully saturated rings. The van der Waals surface area contributed by atoms with Gasteiger partial charge in [-0.05, 0) is 43.2 Å². The van der Waals surface area contributed by atoms with E-state index in [-0.39, 0.29) is 0 Å². The lowest BCUT2D eigenvalue weighted by Gasteiger charge is -2.35. The zero-order valence-electron chi connectivity index (χ0n) is 16.5. The van der Waals surface area contributed by atoms with E-state index in [1.165, 1.54) is 6.42 Å². The van der Waals surface area contributed by atoms with Crippen molar-refractivity contribution >= 4 is 38.3 Å². The van der Waals surface area contributed by atoms with Crippen LogP contribution in [-0.2, 0) is 10.0 Å². The Morgan fingerprint density at radius 2 is 1.67 bits per heavy atom. The third kappa shape index (κ3) is 3.55. The van der Waals surface area contributed by atoms with E-state index in [2.05, 4.69) is 4.90 Å². The fourth-order valence-electron chi connectivity index (χ4n) is 4.07. The summed E-state index contributed by atoms with van der Waals surface area (Å²) in [7, 11) is -3.48. The molecule has 1 aliphatic carbocycles. The van der Waals surface area contributed by atoms with E-state index in [4.69, 9.17) is 21.6 Å². The van der Waals surface area contributed by atoms with Crippen molar-refractivity contribution in [1.82, 2.24) is 14.3 Å². The Morgan fingerprint density at radius 3 is 2.33 bits per heavy atom. The van der Waals surface area contributed by atoms with Crippen molar-refractivity contribution in [3.63, 3.8) is 0 Å². The van der Waals surface area contributed by atoms with Gasteiger partial charge in [0.1, 0.15) is 11.6 Å². The van der Waals surface area contributed by atoms with E-state index in [1.807, 2.05) is 24.3 Å². The van der Waals surface area contributed by atoms with Crippen molar-refractivity contribution in [2.75, 3.05) is 31.1 Å². The van der Waals surface area contributed by atoms with E-state index < -0.39 is 10.0 Å². The molecule has 0 bridgehead atoms. The number of piperazine rings is 1. The van der Waals surface area contributed by atoms with Crippen LogP contribution < -0.4 is 4.90 Å². The second kappa shape index (κ2) is 7.80. The minimum Gasteiger partial charge on any atom is -0.353 e. The number of anilines is 1. The monoisotopic (exact) mass is 442 g/mol. The Bertz CT molecular complexity index is 1170. The molecule has 1 aromatic heterocycles. The fraction of sp³-hybridized carbons (Fsp3) is 0.364. The predicted molar refractivity (Wildman–Crippen MR) is 119 cm³/mol. The quantitative estimate of drug-likeness (QED) is 0.609. The van der Waals surface area contributed by atoms with Crippen LogP contribution in [0.1, 0.15) is 31.0 Å². The summed E-state index contributed by atoms with van der Waals surface area (Å²) < 4.78 is 27.4. The fourth-order valence-corrected chi connectivity index (χ4v) is 5.69. The minimum absolute atomic E-state index is 0.338.